The van der Waals surface area contributed by atoms with Gasteiger partial charge in [-0.3, -0.25) is 0 Å². The van der Waals surface area contributed by atoms with Crippen molar-refractivity contribution in [2.75, 3.05) is 0 Å². The van der Waals surface area contributed by atoms with Gasteiger partial charge in [0.1, 0.15) is 18.2 Å². The molecule has 24 heavy (non-hydrogen) atoms. The molecule has 0 fully saturated rings. The van der Waals surface area contributed by atoms with E-state index >= 15 is 0 Å². The third-order valence-electron chi connectivity index (χ3n) is 3.86. The van der Waals surface area contributed by atoms with Crippen LogP contribution in [0.4, 0.5) is 0 Å². The summed E-state index contributed by atoms with van der Waals surface area (Å²) in [4.78, 5) is 4.73. The third-order valence-corrected chi connectivity index (χ3v) is 3.86. The van der Waals surface area contributed by atoms with E-state index in [1.54, 1.807) is 0 Å². The lowest BCUT2D eigenvalue weighted by molar-refractivity contribution is 0.288. The molecule has 1 aromatic heterocycles. The van der Waals surface area contributed by atoms with Crippen LogP contribution in [0.15, 0.2) is 73.3 Å². The van der Waals surface area contributed by atoms with Crippen molar-refractivity contribution in [1.29, 1.82) is 0 Å². The average Bonchev–Trinajstić information content (AvgIpc) is 2.92. The Morgan fingerprint density at radius 1 is 1.17 bits per heavy atom. The molecule has 0 saturated heterocycles. The van der Waals surface area contributed by atoms with Crippen LogP contribution in [0.25, 0.3) is 11.0 Å². The van der Waals surface area contributed by atoms with Crippen LogP contribution in [0.2, 0.25) is 0 Å². The molecular weight excluding hydrogens is 296 g/mol. The zero-order valence-electron chi connectivity index (χ0n) is 14.0. The van der Waals surface area contributed by atoms with E-state index in [1.807, 2.05) is 49.4 Å². The van der Waals surface area contributed by atoms with Gasteiger partial charge in [-0.05, 0) is 37.1 Å². The summed E-state index contributed by atoms with van der Waals surface area (Å²) in [5.74, 6) is 1.79. The Balaban J connectivity index is 1.90. The van der Waals surface area contributed by atoms with Crippen LogP contribution in [-0.4, -0.2) is 9.55 Å². The highest BCUT2D eigenvalue weighted by molar-refractivity contribution is 5.76. The highest BCUT2D eigenvalue weighted by atomic mass is 16.5. The largest absolute Gasteiger partial charge is 0.485 e. The number of hydrogen-bond donors (Lipinski definition) is 0. The van der Waals surface area contributed by atoms with Gasteiger partial charge >= 0.3 is 0 Å². The van der Waals surface area contributed by atoms with Crippen LogP contribution < -0.4 is 4.74 Å². The van der Waals surface area contributed by atoms with Gasteiger partial charge in [0.2, 0.25) is 0 Å². The predicted molar refractivity (Wildman–Crippen MR) is 99.2 cm³/mol. The Hall–Kier alpha value is -2.81. The van der Waals surface area contributed by atoms with Crippen LogP contribution >= 0.6 is 0 Å². The number of fused-ring (bicyclic) bond motifs is 1. The van der Waals surface area contributed by atoms with Crippen molar-refractivity contribution in [3.8, 4) is 5.75 Å². The lowest BCUT2D eigenvalue weighted by Gasteiger charge is -2.12. The van der Waals surface area contributed by atoms with E-state index in [9.17, 15) is 0 Å². The van der Waals surface area contributed by atoms with Crippen molar-refractivity contribution >= 4 is 11.0 Å². The number of ether oxygens (including phenoxy) is 1. The summed E-state index contributed by atoms with van der Waals surface area (Å²) in [5.41, 5.74) is 4.32. The quantitative estimate of drug-likeness (QED) is 0.578. The molecule has 0 N–H and O–H groups in total. The Morgan fingerprint density at radius 2 is 1.92 bits per heavy atom. The van der Waals surface area contributed by atoms with Gasteiger partial charge < -0.3 is 9.30 Å². The summed E-state index contributed by atoms with van der Waals surface area (Å²) in [7, 11) is 0. The Morgan fingerprint density at radius 3 is 2.71 bits per heavy atom. The number of allylic oxidation sites excluding steroid dienone is 2. The lowest BCUT2D eigenvalue weighted by Crippen LogP contribution is -2.08. The first-order valence-corrected chi connectivity index (χ1v) is 8.09. The molecule has 0 saturated carbocycles. The number of benzene rings is 2. The van der Waals surface area contributed by atoms with Gasteiger partial charge in [0.05, 0.1) is 11.0 Å². The number of para-hydroxylation sites is 3. The summed E-state index contributed by atoms with van der Waals surface area (Å²) in [6, 6.07) is 16.2. The van der Waals surface area contributed by atoms with Crippen LogP contribution in [0.5, 0.6) is 5.75 Å². The highest BCUT2D eigenvalue weighted by Gasteiger charge is 2.12. The van der Waals surface area contributed by atoms with E-state index in [0.717, 1.165) is 46.7 Å². The summed E-state index contributed by atoms with van der Waals surface area (Å²) in [6.45, 7) is 11.0. The van der Waals surface area contributed by atoms with E-state index < -0.39 is 0 Å². The van der Waals surface area contributed by atoms with Gasteiger partial charge in [-0.25, -0.2) is 4.98 Å². The molecule has 0 unspecified atom stereocenters. The molecule has 0 atom stereocenters. The van der Waals surface area contributed by atoms with Gasteiger partial charge in [0.25, 0.3) is 0 Å². The fraction of sp³-hybridized carbons (Fsp3) is 0.190. The summed E-state index contributed by atoms with van der Waals surface area (Å²) in [6.07, 6.45) is 2.68. The minimum Gasteiger partial charge on any atom is -0.485 e. The van der Waals surface area contributed by atoms with Crippen LogP contribution in [0.3, 0.4) is 0 Å². The predicted octanol–water partition coefficient (Wildman–Crippen LogP) is 4.92. The van der Waals surface area contributed by atoms with Crippen molar-refractivity contribution in [1.82, 2.24) is 9.55 Å². The zero-order chi connectivity index (χ0) is 16.9. The van der Waals surface area contributed by atoms with Gasteiger partial charge in [-0.2, -0.15) is 0 Å². The van der Waals surface area contributed by atoms with Crippen molar-refractivity contribution in [2.45, 2.75) is 26.5 Å². The monoisotopic (exact) mass is 318 g/mol. The van der Waals surface area contributed by atoms with Crippen LogP contribution in [-0.2, 0) is 19.6 Å². The molecule has 1 heterocycles. The van der Waals surface area contributed by atoms with Gasteiger partial charge in [-0.1, -0.05) is 48.6 Å². The maximum Gasteiger partial charge on any atom is 0.148 e. The van der Waals surface area contributed by atoms with Crippen LogP contribution in [0.1, 0.15) is 18.3 Å². The van der Waals surface area contributed by atoms with Crippen molar-refractivity contribution in [3.63, 3.8) is 0 Å². The van der Waals surface area contributed by atoms with E-state index in [2.05, 4.69) is 29.9 Å². The maximum atomic E-state index is 6.07. The molecule has 3 aromatic rings. The van der Waals surface area contributed by atoms with E-state index in [0.29, 0.717) is 6.61 Å². The molecule has 0 spiro atoms. The normalized spacial score (nSPS) is 10.7. The first-order chi connectivity index (χ1) is 11.7. The fourth-order valence-corrected chi connectivity index (χ4v) is 2.79. The number of nitrogens with zero attached hydrogens (tertiary/aromatic N) is 2. The SMILES string of the molecule is C=CCc1ccccc1OCc1nc2ccccc2n1CC(=C)C. The van der Waals surface area contributed by atoms with E-state index in [1.165, 1.54) is 0 Å². The maximum absolute atomic E-state index is 6.07. The summed E-state index contributed by atoms with van der Waals surface area (Å²) < 4.78 is 8.24. The smallest absolute Gasteiger partial charge is 0.148 e. The molecule has 0 amide bonds. The summed E-state index contributed by atoms with van der Waals surface area (Å²) >= 11 is 0. The Bertz CT molecular complexity index is 876. The molecule has 122 valence electrons. The first kappa shape index (κ1) is 16.1. The van der Waals surface area contributed by atoms with E-state index in [4.69, 9.17) is 9.72 Å². The molecular formula is C21H22N2O. The molecule has 2 aromatic carbocycles. The average molecular weight is 318 g/mol. The van der Waals surface area contributed by atoms with Gasteiger partial charge in [-0.15, -0.1) is 6.58 Å². The van der Waals surface area contributed by atoms with Gasteiger partial charge in [0, 0.05) is 6.54 Å². The molecule has 0 aliphatic rings. The number of imidazole rings is 1. The fourth-order valence-electron chi connectivity index (χ4n) is 2.79. The second kappa shape index (κ2) is 7.18. The topological polar surface area (TPSA) is 27.1 Å². The van der Waals surface area contributed by atoms with Crippen molar-refractivity contribution < 1.29 is 4.74 Å². The minimum atomic E-state index is 0.427. The molecule has 0 aliphatic carbocycles. The molecule has 0 aliphatic heterocycles. The lowest BCUT2D eigenvalue weighted by atomic mass is 10.1. The second-order valence-electron chi connectivity index (χ2n) is 5.95. The van der Waals surface area contributed by atoms with Crippen molar-refractivity contribution in [2.24, 2.45) is 0 Å². The molecule has 0 bridgehead atoms. The molecule has 0 radical (unpaired) electrons. The first-order valence-electron chi connectivity index (χ1n) is 8.09. The minimum absolute atomic E-state index is 0.427. The van der Waals surface area contributed by atoms with Crippen molar-refractivity contribution in [3.05, 3.63) is 84.7 Å². The Labute approximate surface area is 142 Å². The summed E-state index contributed by atoms with van der Waals surface area (Å²) in [5, 5.41) is 0. The zero-order valence-corrected chi connectivity index (χ0v) is 14.0. The molecule has 3 heteroatoms. The number of hydrogen-bond acceptors (Lipinski definition) is 2. The molecule has 3 nitrogen and oxygen atoms in total. The molecule has 3 rings (SSSR count). The number of aromatic nitrogens is 2. The van der Waals surface area contributed by atoms with Crippen LogP contribution in [0, 0.1) is 0 Å². The third kappa shape index (κ3) is 3.40. The standard InChI is InChI=1S/C21H22N2O/c1-4-9-17-10-5-8-13-20(17)24-15-21-22-18-11-6-7-12-19(18)23(21)14-16(2)3/h4-8,10-13H,1-2,9,14-15H2,3H3. The Kier molecular flexibility index (Phi) is 4.80. The van der Waals surface area contributed by atoms with Gasteiger partial charge in [0.15, 0.2) is 0 Å². The highest BCUT2D eigenvalue weighted by Crippen LogP contribution is 2.22. The van der Waals surface area contributed by atoms with E-state index in [-0.39, 0.29) is 0 Å². The number of rotatable bonds is 7. The second-order valence-corrected chi connectivity index (χ2v) is 5.95.